The smallest absolute Gasteiger partial charge is 0.352 e. The summed E-state index contributed by atoms with van der Waals surface area (Å²) in [5.74, 6) is 0.205. The maximum Gasteiger partial charge on any atom is 0.433 e. The van der Waals surface area contributed by atoms with E-state index in [4.69, 9.17) is 11.6 Å². The Morgan fingerprint density at radius 1 is 1.10 bits per heavy atom. The van der Waals surface area contributed by atoms with Gasteiger partial charge in [-0.15, -0.1) is 0 Å². The third-order valence-electron chi connectivity index (χ3n) is 3.43. The third-order valence-corrected chi connectivity index (χ3v) is 3.60. The van der Waals surface area contributed by atoms with Crippen LogP contribution < -0.4 is 4.90 Å². The van der Waals surface area contributed by atoms with E-state index in [-0.39, 0.29) is 5.82 Å². The molecule has 0 N–H and O–H groups in total. The molecule has 3 rings (SSSR count). The van der Waals surface area contributed by atoms with Crippen LogP contribution in [-0.4, -0.2) is 16.5 Å². The number of fused-ring (bicyclic) bond motifs is 1. The molecule has 7 heteroatoms. The Labute approximate surface area is 124 Å². The van der Waals surface area contributed by atoms with Crippen LogP contribution in [0.25, 0.3) is 0 Å². The molecule has 3 nitrogen and oxygen atoms in total. The average molecular weight is 314 g/mol. The summed E-state index contributed by atoms with van der Waals surface area (Å²) >= 11 is 5.63. The maximum absolute atomic E-state index is 12.8. The van der Waals surface area contributed by atoms with Gasteiger partial charge in [-0.25, -0.2) is 9.97 Å². The highest BCUT2D eigenvalue weighted by atomic mass is 35.5. The number of benzene rings is 1. The second-order valence-corrected chi connectivity index (χ2v) is 5.16. The van der Waals surface area contributed by atoms with E-state index in [2.05, 4.69) is 9.97 Å². The van der Waals surface area contributed by atoms with Gasteiger partial charge in [-0.2, -0.15) is 13.2 Å². The SMILES string of the molecule is FC(F)(F)c1cc(N2CCc3ccccc3C2)nc(Cl)n1. The topological polar surface area (TPSA) is 29.0 Å². The number of nitrogens with zero attached hydrogens (tertiary/aromatic N) is 3. The van der Waals surface area contributed by atoms with Crippen LogP contribution in [0.3, 0.4) is 0 Å². The summed E-state index contributed by atoms with van der Waals surface area (Å²) in [4.78, 5) is 8.95. The Bertz CT molecular complexity index is 673. The van der Waals surface area contributed by atoms with Gasteiger partial charge in [-0.3, -0.25) is 0 Å². The zero-order chi connectivity index (χ0) is 15.0. The lowest BCUT2D eigenvalue weighted by Crippen LogP contribution is -2.31. The first kappa shape index (κ1) is 14.1. The molecule has 0 radical (unpaired) electrons. The van der Waals surface area contributed by atoms with Crippen molar-refractivity contribution in [2.45, 2.75) is 19.1 Å². The number of hydrogen-bond donors (Lipinski definition) is 0. The van der Waals surface area contributed by atoms with Crippen LogP contribution in [0.4, 0.5) is 19.0 Å². The lowest BCUT2D eigenvalue weighted by atomic mass is 10.00. The number of hydrogen-bond acceptors (Lipinski definition) is 3. The Hall–Kier alpha value is -1.82. The molecule has 0 bridgehead atoms. The summed E-state index contributed by atoms with van der Waals surface area (Å²) in [6, 6.07) is 8.81. The van der Waals surface area contributed by atoms with Crippen molar-refractivity contribution in [2.75, 3.05) is 11.4 Å². The standard InChI is InChI=1S/C14H11ClF3N3/c15-13-19-11(14(16,17)18)7-12(20-13)21-6-5-9-3-1-2-4-10(9)8-21/h1-4,7H,5-6,8H2. The summed E-state index contributed by atoms with van der Waals surface area (Å²) in [5.41, 5.74) is 1.29. The normalized spacial score (nSPS) is 15.0. The van der Waals surface area contributed by atoms with Crippen LogP contribution in [0.1, 0.15) is 16.8 Å². The molecule has 0 spiro atoms. The van der Waals surface area contributed by atoms with Gasteiger partial charge in [0.1, 0.15) is 5.82 Å². The lowest BCUT2D eigenvalue weighted by molar-refractivity contribution is -0.141. The lowest BCUT2D eigenvalue weighted by Gasteiger charge is -2.30. The van der Waals surface area contributed by atoms with E-state index in [1.54, 1.807) is 4.90 Å². The first-order valence-corrected chi connectivity index (χ1v) is 6.75. The zero-order valence-corrected chi connectivity index (χ0v) is 11.6. The van der Waals surface area contributed by atoms with E-state index in [0.717, 1.165) is 18.1 Å². The number of anilines is 1. The van der Waals surface area contributed by atoms with Crippen molar-refractivity contribution >= 4 is 17.4 Å². The molecule has 2 aromatic rings. The average Bonchev–Trinajstić information content (AvgIpc) is 2.45. The van der Waals surface area contributed by atoms with Crippen molar-refractivity contribution in [3.8, 4) is 0 Å². The molecule has 1 aromatic carbocycles. The molecular weight excluding hydrogens is 303 g/mol. The molecule has 0 saturated heterocycles. The molecule has 0 fully saturated rings. The Morgan fingerprint density at radius 2 is 1.81 bits per heavy atom. The van der Waals surface area contributed by atoms with E-state index < -0.39 is 17.2 Å². The molecule has 2 heterocycles. The van der Waals surface area contributed by atoms with Crippen LogP contribution in [0.5, 0.6) is 0 Å². The van der Waals surface area contributed by atoms with Crippen LogP contribution in [0, 0.1) is 0 Å². The van der Waals surface area contributed by atoms with Gasteiger partial charge < -0.3 is 4.90 Å². The van der Waals surface area contributed by atoms with Crippen molar-refractivity contribution in [1.29, 1.82) is 0 Å². The molecule has 0 saturated carbocycles. The van der Waals surface area contributed by atoms with E-state index in [1.165, 1.54) is 5.56 Å². The predicted molar refractivity (Wildman–Crippen MR) is 73.2 cm³/mol. The van der Waals surface area contributed by atoms with Gasteiger partial charge in [0.25, 0.3) is 0 Å². The molecule has 0 atom stereocenters. The summed E-state index contributed by atoms with van der Waals surface area (Å²) in [7, 11) is 0. The van der Waals surface area contributed by atoms with Crippen LogP contribution in [-0.2, 0) is 19.1 Å². The molecular formula is C14H11ClF3N3. The van der Waals surface area contributed by atoms with Crippen molar-refractivity contribution < 1.29 is 13.2 Å². The van der Waals surface area contributed by atoms with E-state index in [1.807, 2.05) is 24.3 Å². The molecule has 1 aliphatic heterocycles. The minimum atomic E-state index is -4.53. The summed E-state index contributed by atoms with van der Waals surface area (Å²) in [6.45, 7) is 1.11. The largest absolute Gasteiger partial charge is 0.433 e. The quantitative estimate of drug-likeness (QED) is 0.752. The number of halogens is 4. The van der Waals surface area contributed by atoms with Gasteiger partial charge in [-0.05, 0) is 29.1 Å². The van der Waals surface area contributed by atoms with Crippen molar-refractivity contribution in [3.63, 3.8) is 0 Å². The fourth-order valence-electron chi connectivity index (χ4n) is 2.40. The summed E-state index contributed by atoms with van der Waals surface area (Å²) in [6.07, 6.45) is -3.77. The van der Waals surface area contributed by atoms with E-state index in [0.29, 0.717) is 13.1 Å². The van der Waals surface area contributed by atoms with Gasteiger partial charge in [-0.1, -0.05) is 24.3 Å². The fourth-order valence-corrected chi connectivity index (χ4v) is 2.58. The Balaban J connectivity index is 1.94. The predicted octanol–water partition coefficient (Wildman–Crippen LogP) is 3.71. The third kappa shape index (κ3) is 2.95. The molecule has 1 aliphatic rings. The van der Waals surface area contributed by atoms with E-state index >= 15 is 0 Å². The Kier molecular flexibility index (Phi) is 3.49. The van der Waals surface area contributed by atoms with E-state index in [9.17, 15) is 13.2 Å². The minimum Gasteiger partial charge on any atom is -0.352 e. The highest BCUT2D eigenvalue weighted by Crippen LogP contribution is 2.31. The monoisotopic (exact) mass is 313 g/mol. The highest BCUT2D eigenvalue weighted by Gasteiger charge is 2.34. The second-order valence-electron chi connectivity index (χ2n) is 4.82. The van der Waals surface area contributed by atoms with Gasteiger partial charge in [0, 0.05) is 19.2 Å². The molecule has 0 amide bonds. The number of alkyl halides is 3. The number of aromatic nitrogens is 2. The van der Waals surface area contributed by atoms with Crippen molar-refractivity contribution in [2.24, 2.45) is 0 Å². The highest BCUT2D eigenvalue weighted by molar-refractivity contribution is 6.28. The molecule has 1 aromatic heterocycles. The molecule has 110 valence electrons. The fraction of sp³-hybridized carbons (Fsp3) is 0.286. The van der Waals surface area contributed by atoms with Gasteiger partial charge in [0.05, 0.1) is 0 Å². The van der Waals surface area contributed by atoms with Crippen LogP contribution in [0.2, 0.25) is 5.28 Å². The van der Waals surface area contributed by atoms with Gasteiger partial charge >= 0.3 is 6.18 Å². The van der Waals surface area contributed by atoms with Gasteiger partial charge in [0.15, 0.2) is 5.69 Å². The number of rotatable bonds is 1. The summed E-state index contributed by atoms with van der Waals surface area (Å²) < 4.78 is 38.4. The van der Waals surface area contributed by atoms with Crippen LogP contribution >= 0.6 is 11.6 Å². The van der Waals surface area contributed by atoms with Crippen molar-refractivity contribution in [3.05, 3.63) is 52.4 Å². The van der Waals surface area contributed by atoms with Crippen molar-refractivity contribution in [1.82, 2.24) is 9.97 Å². The van der Waals surface area contributed by atoms with Gasteiger partial charge in [0.2, 0.25) is 5.28 Å². The van der Waals surface area contributed by atoms with Crippen LogP contribution in [0.15, 0.2) is 30.3 Å². The second kappa shape index (κ2) is 5.18. The molecule has 21 heavy (non-hydrogen) atoms. The molecule has 0 unspecified atom stereocenters. The molecule has 0 aliphatic carbocycles. The maximum atomic E-state index is 12.8. The first-order chi connectivity index (χ1) is 9.93. The summed E-state index contributed by atoms with van der Waals surface area (Å²) in [5, 5.41) is -0.390. The zero-order valence-electron chi connectivity index (χ0n) is 10.9. The minimum absolute atomic E-state index is 0.205. The Morgan fingerprint density at radius 3 is 2.52 bits per heavy atom. The first-order valence-electron chi connectivity index (χ1n) is 6.37.